The van der Waals surface area contributed by atoms with Crippen LogP contribution in [-0.2, 0) is 16.1 Å². The highest BCUT2D eigenvalue weighted by Gasteiger charge is 2.42. The van der Waals surface area contributed by atoms with Crippen molar-refractivity contribution < 1.29 is 9.59 Å². The molecule has 2 aromatic carbocycles. The van der Waals surface area contributed by atoms with E-state index >= 15 is 0 Å². The average Bonchev–Trinajstić information content (AvgIpc) is 3.10. The molecule has 0 aromatic heterocycles. The van der Waals surface area contributed by atoms with Gasteiger partial charge >= 0.3 is 0 Å². The molecule has 6 nitrogen and oxygen atoms in total. The number of rotatable bonds is 5. The van der Waals surface area contributed by atoms with Crippen LogP contribution in [0.1, 0.15) is 25.0 Å². The zero-order valence-corrected chi connectivity index (χ0v) is 18.2. The lowest BCUT2D eigenvalue weighted by atomic mass is 10.1. The van der Waals surface area contributed by atoms with E-state index in [0.717, 1.165) is 16.8 Å². The van der Waals surface area contributed by atoms with Crippen molar-refractivity contribution in [3.63, 3.8) is 0 Å². The number of amidine groups is 2. The molecule has 0 fully saturated rings. The lowest BCUT2D eigenvalue weighted by Crippen LogP contribution is -2.42. The van der Waals surface area contributed by atoms with Crippen LogP contribution in [0.3, 0.4) is 0 Å². The topological polar surface area (TPSA) is 74.1 Å². The van der Waals surface area contributed by atoms with E-state index in [1.807, 2.05) is 50.2 Å². The summed E-state index contributed by atoms with van der Waals surface area (Å²) in [5.74, 6) is 0.618. The molecule has 0 saturated heterocycles. The summed E-state index contributed by atoms with van der Waals surface area (Å²) in [4.78, 5) is 36.2. The molecule has 30 heavy (non-hydrogen) atoms. The van der Waals surface area contributed by atoms with Crippen molar-refractivity contribution in [1.29, 1.82) is 0 Å². The lowest BCUT2D eigenvalue weighted by Gasteiger charge is -2.25. The fourth-order valence-electron chi connectivity index (χ4n) is 3.28. The molecule has 2 aromatic rings. The predicted octanol–water partition coefficient (Wildman–Crippen LogP) is 4.00. The molecule has 0 spiro atoms. The van der Waals surface area contributed by atoms with Gasteiger partial charge < -0.3 is 5.32 Å². The molecule has 0 aliphatic carbocycles. The second-order valence-electron chi connectivity index (χ2n) is 7.42. The number of nitrogens with one attached hydrogen (secondary N) is 1. The molecule has 2 aliphatic heterocycles. The Labute approximate surface area is 184 Å². The summed E-state index contributed by atoms with van der Waals surface area (Å²) in [6.45, 7) is 4.37. The van der Waals surface area contributed by atoms with Gasteiger partial charge in [-0.3, -0.25) is 14.6 Å². The first kappa shape index (κ1) is 20.6. The third-order valence-electron chi connectivity index (χ3n) is 4.87. The Morgan fingerprint density at radius 1 is 1.20 bits per heavy atom. The number of halogens is 1. The van der Waals surface area contributed by atoms with Crippen molar-refractivity contribution in [3.05, 3.63) is 64.7 Å². The second-order valence-corrected chi connectivity index (χ2v) is 8.80. The van der Waals surface area contributed by atoms with Crippen molar-refractivity contribution in [1.82, 2.24) is 10.2 Å². The molecule has 4 rings (SSSR count). The number of aliphatic imine (C=N–C) groups is 2. The largest absolute Gasteiger partial charge is 0.351 e. The fraction of sp³-hybridized carbons (Fsp3) is 0.273. The van der Waals surface area contributed by atoms with Gasteiger partial charge in [-0.05, 0) is 35.7 Å². The smallest absolute Gasteiger partial charge is 0.259 e. The molecule has 0 radical (unpaired) electrons. The van der Waals surface area contributed by atoms with Crippen LogP contribution in [0.15, 0.2) is 58.5 Å². The number of para-hydroxylation sites is 1. The Bertz CT molecular complexity index is 1050. The minimum atomic E-state index is -0.435. The molecule has 0 bridgehead atoms. The van der Waals surface area contributed by atoms with E-state index in [1.54, 1.807) is 17.0 Å². The summed E-state index contributed by atoms with van der Waals surface area (Å²) in [5.41, 5.74) is 2.56. The summed E-state index contributed by atoms with van der Waals surface area (Å²) in [6.07, 6.45) is 0. The highest BCUT2D eigenvalue weighted by Crippen LogP contribution is 2.34. The molecule has 8 heteroatoms. The lowest BCUT2D eigenvalue weighted by molar-refractivity contribution is -0.125. The summed E-state index contributed by atoms with van der Waals surface area (Å²) in [6, 6.07) is 14.5. The minimum Gasteiger partial charge on any atom is -0.351 e. The van der Waals surface area contributed by atoms with Crippen LogP contribution in [0.5, 0.6) is 0 Å². The van der Waals surface area contributed by atoms with Crippen molar-refractivity contribution in [3.8, 4) is 0 Å². The number of nitrogens with zero attached hydrogens (tertiary/aromatic N) is 3. The van der Waals surface area contributed by atoms with Crippen LogP contribution in [0, 0.1) is 5.92 Å². The van der Waals surface area contributed by atoms with Gasteiger partial charge in [-0.25, -0.2) is 9.89 Å². The standard InChI is InChI=1S/C22H21ClN4O2S/c1-13(2)19-21(29)27-20(26-19)16-5-3-4-6-17(16)25-22(27)30-12-18(28)24-11-14-7-9-15(23)10-8-14/h3-10,13,19H,11-12H2,1-2H3,(H,24,28)/t19-/m0/s1. The predicted molar refractivity (Wildman–Crippen MR) is 121 cm³/mol. The van der Waals surface area contributed by atoms with Gasteiger partial charge in [-0.15, -0.1) is 0 Å². The molecule has 0 unspecified atom stereocenters. The second kappa shape index (κ2) is 8.62. The van der Waals surface area contributed by atoms with Gasteiger partial charge in [0.15, 0.2) is 5.17 Å². The van der Waals surface area contributed by atoms with E-state index in [0.29, 0.717) is 22.6 Å². The summed E-state index contributed by atoms with van der Waals surface area (Å²) in [5, 5.41) is 4.03. The van der Waals surface area contributed by atoms with Gasteiger partial charge in [0.2, 0.25) is 5.91 Å². The number of hydrogen-bond donors (Lipinski definition) is 1. The maximum absolute atomic E-state index is 13.0. The summed E-state index contributed by atoms with van der Waals surface area (Å²) in [7, 11) is 0. The molecule has 1 atom stereocenters. The molecular weight excluding hydrogens is 420 g/mol. The first-order valence-corrected chi connectivity index (χ1v) is 11.0. The van der Waals surface area contributed by atoms with Crippen LogP contribution in [-0.4, -0.2) is 39.5 Å². The average molecular weight is 441 g/mol. The normalized spacial score (nSPS) is 17.4. The zero-order valence-electron chi connectivity index (χ0n) is 16.6. The molecule has 2 amide bonds. The molecule has 0 saturated carbocycles. The maximum Gasteiger partial charge on any atom is 0.259 e. The van der Waals surface area contributed by atoms with Gasteiger partial charge in [0, 0.05) is 17.1 Å². The van der Waals surface area contributed by atoms with E-state index in [1.165, 1.54) is 11.8 Å². The third-order valence-corrected chi connectivity index (χ3v) is 6.06. The maximum atomic E-state index is 13.0. The van der Waals surface area contributed by atoms with E-state index < -0.39 is 6.04 Å². The van der Waals surface area contributed by atoms with E-state index in [-0.39, 0.29) is 23.5 Å². The summed E-state index contributed by atoms with van der Waals surface area (Å²) >= 11 is 7.13. The quantitative estimate of drug-likeness (QED) is 0.763. The highest BCUT2D eigenvalue weighted by atomic mass is 35.5. The van der Waals surface area contributed by atoms with Gasteiger partial charge in [-0.2, -0.15) is 0 Å². The monoisotopic (exact) mass is 440 g/mol. The van der Waals surface area contributed by atoms with Crippen LogP contribution in [0.25, 0.3) is 0 Å². The van der Waals surface area contributed by atoms with Crippen LogP contribution in [0.4, 0.5) is 5.69 Å². The van der Waals surface area contributed by atoms with Crippen molar-refractivity contribution in [2.75, 3.05) is 5.75 Å². The molecular formula is C22H21ClN4O2S. The third kappa shape index (κ3) is 4.13. The van der Waals surface area contributed by atoms with E-state index in [4.69, 9.17) is 11.6 Å². The van der Waals surface area contributed by atoms with E-state index in [9.17, 15) is 9.59 Å². The molecule has 1 N–H and O–H groups in total. The van der Waals surface area contributed by atoms with Crippen molar-refractivity contribution in [2.45, 2.75) is 26.4 Å². The minimum absolute atomic E-state index is 0.0803. The number of fused-ring (bicyclic) bond motifs is 3. The van der Waals surface area contributed by atoms with Crippen LogP contribution < -0.4 is 5.32 Å². The first-order valence-electron chi connectivity index (χ1n) is 9.68. The fourth-order valence-corrected chi connectivity index (χ4v) is 4.24. The number of thioether (sulfide) groups is 1. The Morgan fingerprint density at radius 2 is 1.93 bits per heavy atom. The Morgan fingerprint density at radius 3 is 2.67 bits per heavy atom. The van der Waals surface area contributed by atoms with Gasteiger partial charge in [0.25, 0.3) is 5.91 Å². The van der Waals surface area contributed by atoms with Gasteiger partial charge in [0.05, 0.1) is 11.4 Å². The van der Waals surface area contributed by atoms with Crippen molar-refractivity contribution in [2.24, 2.45) is 15.9 Å². The molecule has 2 aliphatic rings. The van der Waals surface area contributed by atoms with Crippen LogP contribution in [0.2, 0.25) is 5.02 Å². The van der Waals surface area contributed by atoms with Crippen LogP contribution >= 0.6 is 23.4 Å². The zero-order chi connectivity index (χ0) is 21.3. The first-order chi connectivity index (χ1) is 14.4. The Kier molecular flexibility index (Phi) is 5.92. The van der Waals surface area contributed by atoms with Crippen molar-refractivity contribution >= 4 is 51.9 Å². The summed E-state index contributed by atoms with van der Waals surface area (Å²) < 4.78 is 0. The van der Waals surface area contributed by atoms with E-state index in [2.05, 4.69) is 15.3 Å². The number of amides is 2. The number of carbonyl (C=O) groups excluding carboxylic acids is 2. The van der Waals surface area contributed by atoms with Gasteiger partial charge in [0.1, 0.15) is 11.9 Å². The Hall–Kier alpha value is -2.64. The Balaban J connectivity index is 1.47. The number of hydrogen-bond acceptors (Lipinski definition) is 5. The van der Waals surface area contributed by atoms with Gasteiger partial charge in [-0.1, -0.05) is 61.5 Å². The SMILES string of the molecule is CC(C)[C@@H]1N=C2c3ccccc3N=C(SCC(=O)NCc3ccc(Cl)cc3)N2C1=O. The molecule has 2 heterocycles. The highest BCUT2D eigenvalue weighted by molar-refractivity contribution is 8.14. The molecule has 154 valence electrons. The number of carbonyl (C=O) groups is 2. The number of benzene rings is 2.